The van der Waals surface area contributed by atoms with Crippen LogP contribution in [0.25, 0.3) is 11.3 Å². The standard InChI is InChI=1S/C23H25N3O2/c1-16-13-24-17(2)22(25-16)19-11-20-15-26(14-18-7-5-4-6-8-18)9-10-28-23(20)21(12-19)27-3/h4-8,11-13H,9-10,14-15H2,1-3H3. The predicted molar refractivity (Wildman–Crippen MR) is 110 cm³/mol. The summed E-state index contributed by atoms with van der Waals surface area (Å²) in [4.78, 5) is 11.6. The fourth-order valence-electron chi connectivity index (χ4n) is 3.61. The van der Waals surface area contributed by atoms with E-state index in [0.717, 1.165) is 59.3 Å². The molecule has 0 fully saturated rings. The van der Waals surface area contributed by atoms with Crippen LogP contribution in [0.15, 0.2) is 48.7 Å². The van der Waals surface area contributed by atoms with Crippen molar-refractivity contribution in [3.8, 4) is 22.8 Å². The summed E-state index contributed by atoms with van der Waals surface area (Å²) in [6.07, 6.45) is 1.80. The fraction of sp³-hybridized carbons (Fsp3) is 0.304. The van der Waals surface area contributed by atoms with E-state index in [1.807, 2.05) is 26.0 Å². The highest BCUT2D eigenvalue weighted by Crippen LogP contribution is 2.38. The molecule has 4 rings (SSSR count). The minimum absolute atomic E-state index is 0.638. The smallest absolute Gasteiger partial charge is 0.165 e. The van der Waals surface area contributed by atoms with E-state index in [1.165, 1.54) is 5.56 Å². The molecule has 1 aromatic heterocycles. The second-order valence-corrected chi connectivity index (χ2v) is 7.16. The normalized spacial score (nSPS) is 14.1. The van der Waals surface area contributed by atoms with Gasteiger partial charge >= 0.3 is 0 Å². The lowest BCUT2D eigenvalue weighted by atomic mass is 10.0. The molecule has 2 aromatic carbocycles. The Morgan fingerprint density at radius 3 is 2.75 bits per heavy atom. The number of fused-ring (bicyclic) bond motifs is 1. The molecular formula is C23H25N3O2. The summed E-state index contributed by atoms with van der Waals surface area (Å²) in [6, 6.07) is 14.7. The number of rotatable bonds is 4. The first-order chi connectivity index (χ1) is 13.6. The number of hydrogen-bond acceptors (Lipinski definition) is 5. The van der Waals surface area contributed by atoms with Crippen molar-refractivity contribution in [2.75, 3.05) is 20.3 Å². The molecule has 0 bridgehead atoms. The topological polar surface area (TPSA) is 47.5 Å². The SMILES string of the molecule is COc1cc(-c2nc(C)cnc2C)cc2c1OCCN(Cc1ccccc1)C2. The molecule has 0 unspecified atom stereocenters. The lowest BCUT2D eigenvalue weighted by molar-refractivity contribution is 0.217. The van der Waals surface area contributed by atoms with Gasteiger partial charge in [-0.05, 0) is 31.5 Å². The van der Waals surface area contributed by atoms with Gasteiger partial charge in [0.2, 0.25) is 0 Å². The Morgan fingerprint density at radius 2 is 1.96 bits per heavy atom. The highest BCUT2D eigenvalue weighted by atomic mass is 16.5. The Hall–Kier alpha value is -2.92. The van der Waals surface area contributed by atoms with E-state index >= 15 is 0 Å². The molecule has 0 atom stereocenters. The maximum atomic E-state index is 6.08. The molecule has 1 aliphatic rings. The molecular weight excluding hydrogens is 350 g/mol. The van der Waals surface area contributed by atoms with Gasteiger partial charge in [0, 0.05) is 37.0 Å². The molecule has 2 heterocycles. The summed E-state index contributed by atoms with van der Waals surface area (Å²) in [5, 5.41) is 0. The molecule has 0 spiro atoms. The van der Waals surface area contributed by atoms with Crippen LogP contribution < -0.4 is 9.47 Å². The molecule has 5 nitrogen and oxygen atoms in total. The van der Waals surface area contributed by atoms with Gasteiger partial charge in [-0.1, -0.05) is 30.3 Å². The van der Waals surface area contributed by atoms with Gasteiger partial charge in [0.1, 0.15) is 6.61 Å². The average molecular weight is 375 g/mol. The van der Waals surface area contributed by atoms with Gasteiger partial charge in [-0.3, -0.25) is 9.88 Å². The number of aryl methyl sites for hydroxylation is 2. The van der Waals surface area contributed by atoms with Crippen LogP contribution in [0.5, 0.6) is 11.5 Å². The zero-order valence-electron chi connectivity index (χ0n) is 16.6. The maximum Gasteiger partial charge on any atom is 0.165 e. The molecule has 0 saturated heterocycles. The molecule has 0 aliphatic carbocycles. The number of nitrogens with zero attached hydrogens (tertiary/aromatic N) is 3. The van der Waals surface area contributed by atoms with Crippen molar-refractivity contribution in [1.29, 1.82) is 0 Å². The van der Waals surface area contributed by atoms with Crippen molar-refractivity contribution in [2.24, 2.45) is 0 Å². The second kappa shape index (κ2) is 7.98. The van der Waals surface area contributed by atoms with Crippen LogP contribution in [0.3, 0.4) is 0 Å². The summed E-state index contributed by atoms with van der Waals surface area (Å²) >= 11 is 0. The number of hydrogen-bond donors (Lipinski definition) is 0. The van der Waals surface area contributed by atoms with Crippen LogP contribution in [-0.4, -0.2) is 35.1 Å². The Labute approximate surface area is 166 Å². The first kappa shape index (κ1) is 18.4. The van der Waals surface area contributed by atoms with Crippen molar-refractivity contribution in [3.05, 3.63) is 71.2 Å². The monoisotopic (exact) mass is 375 g/mol. The first-order valence-electron chi connectivity index (χ1n) is 9.54. The third-order valence-corrected chi connectivity index (χ3v) is 5.00. The molecule has 0 N–H and O–H groups in total. The molecule has 0 amide bonds. The van der Waals surface area contributed by atoms with Gasteiger partial charge in [-0.25, -0.2) is 4.98 Å². The summed E-state index contributed by atoms with van der Waals surface area (Å²) in [5.41, 5.74) is 6.12. The highest BCUT2D eigenvalue weighted by Gasteiger charge is 2.21. The first-order valence-corrected chi connectivity index (χ1v) is 9.54. The third-order valence-electron chi connectivity index (χ3n) is 5.00. The molecule has 3 aromatic rings. The Kier molecular flexibility index (Phi) is 5.26. The van der Waals surface area contributed by atoms with Gasteiger partial charge in [0.05, 0.1) is 24.2 Å². The largest absolute Gasteiger partial charge is 0.493 e. The van der Waals surface area contributed by atoms with Crippen LogP contribution in [0, 0.1) is 13.8 Å². The Bertz CT molecular complexity index is 973. The van der Waals surface area contributed by atoms with E-state index < -0.39 is 0 Å². The van der Waals surface area contributed by atoms with Crippen molar-refractivity contribution in [2.45, 2.75) is 26.9 Å². The van der Waals surface area contributed by atoms with Gasteiger partial charge in [0.25, 0.3) is 0 Å². The minimum atomic E-state index is 0.638. The van der Waals surface area contributed by atoms with Crippen molar-refractivity contribution < 1.29 is 9.47 Å². The lowest BCUT2D eigenvalue weighted by Crippen LogP contribution is -2.25. The highest BCUT2D eigenvalue weighted by molar-refractivity contribution is 5.68. The third kappa shape index (κ3) is 3.85. The van der Waals surface area contributed by atoms with Crippen molar-refractivity contribution >= 4 is 0 Å². The van der Waals surface area contributed by atoms with Crippen LogP contribution in [0.4, 0.5) is 0 Å². The Morgan fingerprint density at radius 1 is 1.14 bits per heavy atom. The quantitative estimate of drug-likeness (QED) is 0.685. The van der Waals surface area contributed by atoms with Gasteiger partial charge in [-0.2, -0.15) is 0 Å². The number of aromatic nitrogens is 2. The lowest BCUT2D eigenvalue weighted by Gasteiger charge is -2.20. The zero-order valence-corrected chi connectivity index (χ0v) is 16.6. The molecule has 144 valence electrons. The van der Waals surface area contributed by atoms with E-state index in [-0.39, 0.29) is 0 Å². The van der Waals surface area contributed by atoms with E-state index in [9.17, 15) is 0 Å². The summed E-state index contributed by atoms with van der Waals surface area (Å²) in [7, 11) is 1.68. The van der Waals surface area contributed by atoms with Crippen LogP contribution in [0.1, 0.15) is 22.5 Å². The molecule has 1 aliphatic heterocycles. The van der Waals surface area contributed by atoms with Crippen LogP contribution in [0.2, 0.25) is 0 Å². The minimum Gasteiger partial charge on any atom is -0.493 e. The van der Waals surface area contributed by atoms with E-state index in [2.05, 4.69) is 40.2 Å². The van der Waals surface area contributed by atoms with Gasteiger partial charge in [-0.15, -0.1) is 0 Å². The molecule has 5 heteroatoms. The Balaban J connectivity index is 1.71. The molecule has 0 radical (unpaired) electrons. The van der Waals surface area contributed by atoms with E-state index in [4.69, 9.17) is 14.5 Å². The van der Waals surface area contributed by atoms with Crippen molar-refractivity contribution in [1.82, 2.24) is 14.9 Å². The molecule has 28 heavy (non-hydrogen) atoms. The van der Waals surface area contributed by atoms with Crippen molar-refractivity contribution in [3.63, 3.8) is 0 Å². The number of benzene rings is 2. The van der Waals surface area contributed by atoms with Gasteiger partial charge in [0.15, 0.2) is 11.5 Å². The summed E-state index contributed by atoms with van der Waals surface area (Å²) < 4.78 is 11.7. The van der Waals surface area contributed by atoms with E-state index in [1.54, 1.807) is 13.3 Å². The predicted octanol–water partition coefficient (Wildman–Crippen LogP) is 4.16. The number of methoxy groups -OCH3 is 1. The second-order valence-electron chi connectivity index (χ2n) is 7.16. The zero-order chi connectivity index (χ0) is 19.5. The number of ether oxygens (including phenoxy) is 2. The van der Waals surface area contributed by atoms with Gasteiger partial charge < -0.3 is 9.47 Å². The van der Waals surface area contributed by atoms with Crippen LogP contribution >= 0.6 is 0 Å². The summed E-state index contributed by atoms with van der Waals surface area (Å²) in [5.74, 6) is 1.58. The molecule has 0 saturated carbocycles. The summed E-state index contributed by atoms with van der Waals surface area (Å²) in [6.45, 7) is 7.13. The average Bonchev–Trinajstić information content (AvgIpc) is 2.91. The fourth-order valence-corrected chi connectivity index (χ4v) is 3.61. The maximum absolute atomic E-state index is 6.08. The van der Waals surface area contributed by atoms with E-state index in [0.29, 0.717) is 6.61 Å². The van der Waals surface area contributed by atoms with Crippen LogP contribution in [-0.2, 0) is 13.1 Å².